The molecule has 160 valence electrons. The lowest BCUT2D eigenvalue weighted by Crippen LogP contribution is -2.51. The summed E-state index contributed by atoms with van der Waals surface area (Å²) in [5.41, 5.74) is -4.31. The number of ketones is 1. The maximum absolute atomic E-state index is 13.8. The summed E-state index contributed by atoms with van der Waals surface area (Å²) in [5, 5.41) is 1.54. The molecule has 0 saturated carbocycles. The van der Waals surface area contributed by atoms with Crippen molar-refractivity contribution < 1.29 is 37.0 Å². The van der Waals surface area contributed by atoms with Crippen molar-refractivity contribution in [1.29, 1.82) is 0 Å². The van der Waals surface area contributed by atoms with E-state index in [1.165, 1.54) is 32.9 Å². The minimum absolute atomic E-state index is 0.0635. The van der Waals surface area contributed by atoms with Crippen molar-refractivity contribution in [2.75, 3.05) is 0 Å². The number of hydrogen-bond donors (Lipinski definition) is 0. The van der Waals surface area contributed by atoms with Crippen LogP contribution >= 0.6 is 11.3 Å². The van der Waals surface area contributed by atoms with Gasteiger partial charge in [-0.1, -0.05) is 6.07 Å². The van der Waals surface area contributed by atoms with E-state index in [1.807, 2.05) is 0 Å². The second-order valence-corrected chi connectivity index (χ2v) is 9.61. The molecule has 0 amide bonds. The first-order valence-corrected chi connectivity index (χ1v) is 9.76. The average Bonchev–Trinajstić information content (AvgIpc) is 2.93. The number of hydrogen-bond acceptors (Lipinski definition) is 6. The second-order valence-electron chi connectivity index (χ2n) is 8.66. The summed E-state index contributed by atoms with van der Waals surface area (Å²) >= 11 is 0.960. The van der Waals surface area contributed by atoms with Crippen LogP contribution in [0.4, 0.5) is 13.2 Å². The first kappa shape index (κ1) is 23.1. The molecule has 1 aromatic heterocycles. The van der Waals surface area contributed by atoms with E-state index in [4.69, 9.17) is 9.47 Å². The van der Waals surface area contributed by atoms with Crippen LogP contribution in [-0.2, 0) is 19.1 Å². The standard InChI is InChI=1S/C20H23F3O5S/c1-18(2,3)27-16(25)11-12(15(24)10-8-7-9-29-10)14(20(21,22)23)13(11)17(26)28-19(4,5)6/h7-9,11-12H,1-6H3/t11-,12-/m1/s1. The van der Waals surface area contributed by atoms with E-state index in [0.29, 0.717) is 0 Å². The molecule has 1 heterocycles. The molecule has 0 bridgehead atoms. The van der Waals surface area contributed by atoms with Crippen molar-refractivity contribution in [3.8, 4) is 0 Å². The number of carbonyl (C=O) groups is 3. The fourth-order valence-electron chi connectivity index (χ4n) is 2.94. The first-order chi connectivity index (χ1) is 13.0. The molecule has 0 fully saturated rings. The molecule has 0 aliphatic heterocycles. The van der Waals surface area contributed by atoms with E-state index < -0.39 is 58.1 Å². The molecular formula is C20H23F3O5S. The molecule has 0 radical (unpaired) electrons. The summed E-state index contributed by atoms with van der Waals surface area (Å²) in [7, 11) is 0. The SMILES string of the molecule is CC(C)(C)OC(=O)C1=C(C(F)(F)F)[C@H](C(=O)c2cccs2)[C@H]1C(=O)OC(C)(C)C. The Bertz CT molecular complexity index is 839. The molecule has 0 N–H and O–H groups in total. The molecule has 0 unspecified atom stereocenters. The zero-order valence-corrected chi connectivity index (χ0v) is 17.8. The lowest BCUT2D eigenvalue weighted by atomic mass is 9.65. The highest BCUT2D eigenvalue weighted by Gasteiger charge is 2.61. The summed E-state index contributed by atoms with van der Waals surface area (Å²) in [6, 6.07) is 2.89. The van der Waals surface area contributed by atoms with Crippen LogP contribution in [0.25, 0.3) is 0 Å². The lowest BCUT2D eigenvalue weighted by molar-refractivity contribution is -0.168. The highest BCUT2D eigenvalue weighted by Crippen LogP contribution is 2.52. The Balaban J connectivity index is 2.59. The van der Waals surface area contributed by atoms with Gasteiger partial charge in [0.25, 0.3) is 0 Å². The third-order valence-corrected chi connectivity index (χ3v) is 4.76. The van der Waals surface area contributed by atoms with Gasteiger partial charge in [-0.15, -0.1) is 11.3 Å². The molecule has 1 aliphatic carbocycles. The number of esters is 2. The molecule has 2 rings (SSSR count). The van der Waals surface area contributed by atoms with Gasteiger partial charge in [0, 0.05) is 0 Å². The van der Waals surface area contributed by atoms with Crippen molar-refractivity contribution in [2.45, 2.75) is 58.9 Å². The minimum atomic E-state index is -4.98. The fraction of sp³-hybridized carbons (Fsp3) is 0.550. The zero-order chi connectivity index (χ0) is 22.4. The number of allylic oxidation sites excluding steroid dienone is 1. The van der Waals surface area contributed by atoms with Gasteiger partial charge in [-0.05, 0) is 53.0 Å². The summed E-state index contributed by atoms with van der Waals surface area (Å²) in [6.07, 6.45) is -4.98. The summed E-state index contributed by atoms with van der Waals surface area (Å²) in [5.74, 6) is -6.77. The number of rotatable bonds is 4. The number of carbonyl (C=O) groups excluding carboxylic acids is 3. The van der Waals surface area contributed by atoms with Gasteiger partial charge in [0.15, 0.2) is 5.78 Å². The summed E-state index contributed by atoms with van der Waals surface area (Å²) < 4.78 is 51.7. The van der Waals surface area contributed by atoms with E-state index in [0.717, 1.165) is 11.3 Å². The van der Waals surface area contributed by atoms with E-state index >= 15 is 0 Å². The number of thiophene rings is 1. The third kappa shape index (κ3) is 5.26. The van der Waals surface area contributed by atoms with Crippen LogP contribution in [0.1, 0.15) is 51.2 Å². The average molecular weight is 432 g/mol. The minimum Gasteiger partial charge on any atom is -0.459 e. The summed E-state index contributed by atoms with van der Waals surface area (Å²) in [4.78, 5) is 38.1. The van der Waals surface area contributed by atoms with E-state index in [9.17, 15) is 27.6 Å². The van der Waals surface area contributed by atoms with Crippen molar-refractivity contribution in [1.82, 2.24) is 0 Å². The molecule has 29 heavy (non-hydrogen) atoms. The molecule has 5 nitrogen and oxygen atoms in total. The first-order valence-electron chi connectivity index (χ1n) is 8.88. The number of alkyl halides is 3. The zero-order valence-electron chi connectivity index (χ0n) is 17.0. The van der Waals surface area contributed by atoms with Gasteiger partial charge in [0.2, 0.25) is 0 Å². The third-order valence-electron chi connectivity index (χ3n) is 3.88. The number of halogens is 3. The normalized spacial score (nSPS) is 20.2. The van der Waals surface area contributed by atoms with Crippen LogP contribution in [-0.4, -0.2) is 35.1 Å². The number of ether oxygens (including phenoxy) is 2. The predicted molar refractivity (Wildman–Crippen MR) is 100 cm³/mol. The van der Waals surface area contributed by atoms with Crippen LogP contribution in [0, 0.1) is 11.8 Å². The van der Waals surface area contributed by atoms with Crippen LogP contribution in [0.2, 0.25) is 0 Å². The molecule has 2 atom stereocenters. The van der Waals surface area contributed by atoms with Crippen LogP contribution in [0.3, 0.4) is 0 Å². The molecule has 1 aliphatic rings. The van der Waals surface area contributed by atoms with Gasteiger partial charge in [0.05, 0.1) is 21.9 Å². The van der Waals surface area contributed by atoms with Gasteiger partial charge < -0.3 is 9.47 Å². The van der Waals surface area contributed by atoms with Crippen molar-refractivity contribution in [2.24, 2.45) is 11.8 Å². The van der Waals surface area contributed by atoms with Crippen LogP contribution in [0.5, 0.6) is 0 Å². The van der Waals surface area contributed by atoms with Gasteiger partial charge in [0.1, 0.15) is 17.1 Å². The van der Waals surface area contributed by atoms with Crippen molar-refractivity contribution >= 4 is 29.1 Å². The van der Waals surface area contributed by atoms with Crippen molar-refractivity contribution in [3.63, 3.8) is 0 Å². The van der Waals surface area contributed by atoms with E-state index in [-0.39, 0.29) is 4.88 Å². The quantitative estimate of drug-likeness (QED) is 0.509. The molecule has 9 heteroatoms. The fourth-order valence-corrected chi connectivity index (χ4v) is 3.65. The lowest BCUT2D eigenvalue weighted by Gasteiger charge is -2.40. The Hall–Kier alpha value is -2.16. The van der Waals surface area contributed by atoms with E-state index in [1.54, 1.807) is 26.2 Å². The highest BCUT2D eigenvalue weighted by atomic mass is 32.1. The molecule has 0 saturated heterocycles. The van der Waals surface area contributed by atoms with Crippen LogP contribution in [0.15, 0.2) is 28.7 Å². The maximum Gasteiger partial charge on any atom is 0.413 e. The number of Topliss-reactive ketones (excluding diaryl/α,β-unsaturated/α-hetero) is 1. The Labute approximate surface area is 170 Å². The van der Waals surface area contributed by atoms with Gasteiger partial charge in [-0.2, -0.15) is 13.2 Å². The van der Waals surface area contributed by atoms with Gasteiger partial charge >= 0.3 is 18.1 Å². The van der Waals surface area contributed by atoms with Gasteiger partial charge in [-0.3, -0.25) is 9.59 Å². The van der Waals surface area contributed by atoms with Gasteiger partial charge in [-0.25, -0.2) is 4.79 Å². The largest absolute Gasteiger partial charge is 0.459 e. The Kier molecular flexibility index (Phi) is 6.05. The molecule has 0 spiro atoms. The monoisotopic (exact) mass is 432 g/mol. The smallest absolute Gasteiger partial charge is 0.413 e. The second kappa shape index (κ2) is 7.59. The molecule has 1 aromatic rings. The highest BCUT2D eigenvalue weighted by molar-refractivity contribution is 7.12. The topological polar surface area (TPSA) is 69.7 Å². The van der Waals surface area contributed by atoms with Crippen LogP contribution < -0.4 is 0 Å². The Morgan fingerprint density at radius 1 is 0.931 bits per heavy atom. The maximum atomic E-state index is 13.8. The molecule has 0 aromatic carbocycles. The predicted octanol–water partition coefficient (Wildman–Crippen LogP) is 4.72. The molecular weight excluding hydrogens is 409 g/mol. The van der Waals surface area contributed by atoms with E-state index in [2.05, 4.69) is 0 Å². The Morgan fingerprint density at radius 3 is 1.90 bits per heavy atom. The summed E-state index contributed by atoms with van der Waals surface area (Å²) in [6.45, 7) is 9.11. The Morgan fingerprint density at radius 2 is 1.48 bits per heavy atom. The van der Waals surface area contributed by atoms with Crippen molar-refractivity contribution in [3.05, 3.63) is 33.5 Å².